The van der Waals surface area contributed by atoms with Gasteiger partial charge in [-0.2, -0.15) is 0 Å². The van der Waals surface area contributed by atoms with Gasteiger partial charge in [-0.05, 0) is 25.5 Å². The molecule has 2 aromatic rings. The van der Waals surface area contributed by atoms with Gasteiger partial charge in [0.05, 0.1) is 28.5 Å². The molecule has 136 valence electrons. The number of carbonyl (C=O) groups is 3. The van der Waals surface area contributed by atoms with E-state index in [0.29, 0.717) is 30.0 Å². The number of ether oxygens (including phenoxy) is 1. The summed E-state index contributed by atoms with van der Waals surface area (Å²) in [5, 5.41) is 5.37. The summed E-state index contributed by atoms with van der Waals surface area (Å²) in [4.78, 5) is 41.7. The van der Waals surface area contributed by atoms with E-state index in [2.05, 4.69) is 10.3 Å². The monoisotopic (exact) mass is 373 g/mol. The van der Waals surface area contributed by atoms with Crippen LogP contribution in [-0.2, 0) is 25.5 Å². The highest BCUT2D eigenvalue weighted by Gasteiger charge is 2.24. The van der Waals surface area contributed by atoms with Crippen LogP contribution in [0.25, 0.3) is 0 Å². The fraction of sp³-hybridized carbons (Fsp3) is 0.333. The molecule has 0 spiro atoms. The number of carbonyl (C=O) groups excluding carboxylic acids is 3. The molecule has 0 bridgehead atoms. The molecule has 0 radical (unpaired) electrons. The Morgan fingerprint density at radius 1 is 1.35 bits per heavy atom. The highest BCUT2D eigenvalue weighted by molar-refractivity contribution is 7.09. The summed E-state index contributed by atoms with van der Waals surface area (Å²) in [6, 6.07) is 7.09. The topological polar surface area (TPSA) is 88.6 Å². The summed E-state index contributed by atoms with van der Waals surface area (Å²) in [5.74, 6) is -0.919. The molecule has 0 unspecified atom stereocenters. The Bertz CT molecular complexity index is 833. The maximum Gasteiger partial charge on any atom is 0.312 e. The van der Waals surface area contributed by atoms with Crippen molar-refractivity contribution in [2.24, 2.45) is 0 Å². The molecule has 2 amide bonds. The van der Waals surface area contributed by atoms with Crippen molar-refractivity contribution in [1.82, 2.24) is 4.98 Å². The molecule has 2 heterocycles. The molecule has 7 nitrogen and oxygen atoms in total. The van der Waals surface area contributed by atoms with E-state index in [4.69, 9.17) is 4.74 Å². The van der Waals surface area contributed by atoms with Gasteiger partial charge in [-0.3, -0.25) is 14.4 Å². The number of aromatic nitrogens is 1. The zero-order valence-electron chi connectivity index (χ0n) is 14.4. The van der Waals surface area contributed by atoms with Crippen LogP contribution in [0, 0.1) is 6.92 Å². The molecule has 1 saturated heterocycles. The second-order valence-electron chi connectivity index (χ2n) is 5.91. The number of thiazole rings is 1. The number of hydrogen-bond donors (Lipinski definition) is 1. The second kappa shape index (κ2) is 8.09. The first-order valence-corrected chi connectivity index (χ1v) is 9.17. The molecular formula is C18H19N3O4S. The minimum absolute atomic E-state index is 0.0382. The molecule has 1 aliphatic rings. The fourth-order valence-corrected chi connectivity index (χ4v) is 3.35. The van der Waals surface area contributed by atoms with Gasteiger partial charge in [0.15, 0.2) is 6.61 Å². The van der Waals surface area contributed by atoms with E-state index in [1.54, 1.807) is 28.5 Å². The van der Waals surface area contributed by atoms with Crippen LogP contribution in [0.4, 0.5) is 11.4 Å². The van der Waals surface area contributed by atoms with Gasteiger partial charge in [0.25, 0.3) is 5.91 Å². The first kappa shape index (κ1) is 18.1. The minimum atomic E-state index is -0.506. The Hall–Kier alpha value is -2.74. The molecule has 1 aliphatic heterocycles. The number of amides is 2. The lowest BCUT2D eigenvalue weighted by Crippen LogP contribution is -2.27. The zero-order valence-corrected chi connectivity index (χ0v) is 15.2. The summed E-state index contributed by atoms with van der Waals surface area (Å²) in [6.07, 6.45) is 1.35. The number of nitrogens with zero attached hydrogens (tertiary/aromatic N) is 2. The summed E-state index contributed by atoms with van der Waals surface area (Å²) in [7, 11) is 0. The highest BCUT2D eigenvalue weighted by atomic mass is 32.1. The number of rotatable bonds is 6. The van der Waals surface area contributed by atoms with Gasteiger partial charge in [-0.25, -0.2) is 4.98 Å². The molecule has 0 aliphatic carbocycles. The van der Waals surface area contributed by atoms with Gasteiger partial charge in [-0.1, -0.05) is 12.1 Å². The van der Waals surface area contributed by atoms with E-state index >= 15 is 0 Å². The summed E-state index contributed by atoms with van der Waals surface area (Å²) in [6.45, 7) is 2.10. The Kier molecular flexibility index (Phi) is 5.62. The average molecular weight is 373 g/mol. The van der Waals surface area contributed by atoms with Crippen LogP contribution in [-0.4, -0.2) is 35.9 Å². The largest absolute Gasteiger partial charge is 0.455 e. The molecule has 1 aromatic heterocycles. The molecular weight excluding hydrogens is 354 g/mol. The number of esters is 1. The first-order chi connectivity index (χ1) is 12.5. The number of hydrogen-bond acceptors (Lipinski definition) is 6. The fourth-order valence-electron chi connectivity index (χ4n) is 2.74. The van der Waals surface area contributed by atoms with Crippen molar-refractivity contribution in [2.75, 3.05) is 23.4 Å². The first-order valence-electron chi connectivity index (χ1n) is 8.29. The summed E-state index contributed by atoms with van der Waals surface area (Å²) in [5.41, 5.74) is 1.82. The number of anilines is 2. The normalized spacial score (nSPS) is 13.7. The maximum absolute atomic E-state index is 12.1. The third kappa shape index (κ3) is 4.45. The van der Waals surface area contributed by atoms with Crippen molar-refractivity contribution in [3.05, 3.63) is 40.3 Å². The lowest BCUT2D eigenvalue weighted by Gasteiger charge is -2.19. The predicted octanol–water partition coefficient (Wildman–Crippen LogP) is 2.30. The zero-order chi connectivity index (χ0) is 18.5. The summed E-state index contributed by atoms with van der Waals surface area (Å²) < 4.78 is 5.01. The van der Waals surface area contributed by atoms with Gasteiger partial charge < -0.3 is 15.0 Å². The Morgan fingerprint density at radius 2 is 2.15 bits per heavy atom. The van der Waals surface area contributed by atoms with E-state index in [0.717, 1.165) is 11.4 Å². The van der Waals surface area contributed by atoms with Crippen LogP contribution in [0.2, 0.25) is 0 Å². The lowest BCUT2D eigenvalue weighted by atomic mass is 10.2. The van der Waals surface area contributed by atoms with Crippen LogP contribution in [0.15, 0.2) is 29.6 Å². The van der Waals surface area contributed by atoms with Crippen molar-refractivity contribution < 1.29 is 19.1 Å². The average Bonchev–Trinajstić information content (AvgIpc) is 3.22. The Labute approximate surface area is 155 Å². The standard InChI is InChI=1S/C18H19N3O4S/c1-12-19-13(11-26-12)9-18(24)25-10-16(22)20-14-5-2-3-6-15(14)21-8-4-7-17(21)23/h2-3,5-6,11H,4,7-10H2,1H3,(H,20,22). The van der Waals surface area contributed by atoms with Crippen LogP contribution in [0.3, 0.4) is 0 Å². The summed E-state index contributed by atoms with van der Waals surface area (Å²) >= 11 is 1.46. The van der Waals surface area contributed by atoms with Crippen LogP contribution in [0.5, 0.6) is 0 Å². The number of benzene rings is 1. The van der Waals surface area contributed by atoms with Gasteiger partial charge in [0.1, 0.15) is 0 Å². The molecule has 3 rings (SSSR count). The van der Waals surface area contributed by atoms with E-state index < -0.39 is 11.9 Å². The van der Waals surface area contributed by atoms with Crippen molar-refractivity contribution >= 4 is 40.5 Å². The maximum atomic E-state index is 12.1. The van der Waals surface area contributed by atoms with Gasteiger partial charge in [0.2, 0.25) is 5.91 Å². The molecule has 1 aromatic carbocycles. The van der Waals surface area contributed by atoms with Crippen LogP contribution >= 0.6 is 11.3 Å². The second-order valence-corrected chi connectivity index (χ2v) is 6.97. The molecule has 26 heavy (non-hydrogen) atoms. The molecule has 1 N–H and O–H groups in total. The molecule has 0 saturated carbocycles. The highest BCUT2D eigenvalue weighted by Crippen LogP contribution is 2.29. The van der Waals surface area contributed by atoms with Gasteiger partial charge in [0, 0.05) is 18.3 Å². The predicted molar refractivity (Wildman–Crippen MR) is 98.2 cm³/mol. The third-order valence-corrected chi connectivity index (χ3v) is 4.72. The van der Waals surface area contributed by atoms with Crippen LogP contribution < -0.4 is 10.2 Å². The lowest BCUT2D eigenvalue weighted by molar-refractivity contribution is -0.146. The van der Waals surface area contributed by atoms with Gasteiger partial charge in [-0.15, -0.1) is 11.3 Å². The number of para-hydroxylation sites is 2. The minimum Gasteiger partial charge on any atom is -0.455 e. The van der Waals surface area contributed by atoms with Gasteiger partial charge >= 0.3 is 5.97 Å². The van der Waals surface area contributed by atoms with Crippen LogP contribution in [0.1, 0.15) is 23.5 Å². The van der Waals surface area contributed by atoms with E-state index in [9.17, 15) is 14.4 Å². The molecule has 8 heteroatoms. The van der Waals surface area contributed by atoms with Crippen molar-refractivity contribution in [1.29, 1.82) is 0 Å². The third-order valence-electron chi connectivity index (χ3n) is 3.90. The number of nitrogens with one attached hydrogen (secondary N) is 1. The Morgan fingerprint density at radius 3 is 2.85 bits per heavy atom. The van der Waals surface area contributed by atoms with Crippen molar-refractivity contribution in [3.8, 4) is 0 Å². The quantitative estimate of drug-likeness (QED) is 0.785. The molecule has 1 fully saturated rings. The van der Waals surface area contributed by atoms with E-state index in [-0.39, 0.29) is 18.9 Å². The molecule has 0 atom stereocenters. The van der Waals surface area contributed by atoms with E-state index in [1.807, 2.05) is 13.0 Å². The van der Waals surface area contributed by atoms with E-state index in [1.165, 1.54) is 11.3 Å². The Balaban J connectivity index is 1.55. The number of aryl methyl sites for hydroxylation is 1. The van der Waals surface area contributed by atoms with Crippen molar-refractivity contribution in [3.63, 3.8) is 0 Å². The smallest absolute Gasteiger partial charge is 0.312 e. The van der Waals surface area contributed by atoms with Crippen molar-refractivity contribution in [2.45, 2.75) is 26.2 Å². The SMILES string of the molecule is Cc1nc(CC(=O)OCC(=O)Nc2ccccc2N2CCCC2=O)cs1.